The van der Waals surface area contributed by atoms with Crippen molar-refractivity contribution in [1.82, 2.24) is 0 Å². The maximum atomic E-state index is 11.4. The first-order valence-corrected chi connectivity index (χ1v) is 6.47. The molecule has 0 radical (unpaired) electrons. The third kappa shape index (κ3) is 4.40. The first-order chi connectivity index (χ1) is 8.33. The molecule has 0 saturated carbocycles. The van der Waals surface area contributed by atoms with E-state index in [4.69, 9.17) is 0 Å². The summed E-state index contributed by atoms with van der Waals surface area (Å²) in [5, 5.41) is 6.35. The van der Waals surface area contributed by atoms with Crippen LogP contribution in [-0.2, 0) is 4.79 Å². The van der Waals surface area contributed by atoms with Crippen molar-refractivity contribution >= 4 is 17.3 Å². The zero-order valence-electron chi connectivity index (χ0n) is 12.1. The van der Waals surface area contributed by atoms with E-state index in [0.29, 0.717) is 6.42 Å². The number of hydrogen-bond donors (Lipinski definition) is 2. The summed E-state index contributed by atoms with van der Waals surface area (Å²) in [5.74, 6) is 0.0473. The van der Waals surface area contributed by atoms with Crippen molar-refractivity contribution in [3.63, 3.8) is 0 Å². The van der Waals surface area contributed by atoms with Crippen molar-refractivity contribution in [2.75, 3.05) is 17.2 Å². The molecule has 0 saturated heterocycles. The fraction of sp³-hybridized carbons (Fsp3) is 0.533. The molecule has 1 aromatic carbocycles. The number of carbonyl (C=O) groups is 1. The number of amides is 1. The fourth-order valence-corrected chi connectivity index (χ4v) is 1.56. The molecular weight excluding hydrogens is 224 g/mol. The monoisotopic (exact) mass is 248 g/mol. The first-order valence-electron chi connectivity index (χ1n) is 6.47. The molecular formula is C15H24N2O. The summed E-state index contributed by atoms with van der Waals surface area (Å²) in [4.78, 5) is 11.4. The summed E-state index contributed by atoms with van der Waals surface area (Å²) in [7, 11) is 0. The second-order valence-corrected chi connectivity index (χ2v) is 5.79. The largest absolute Gasteiger partial charge is 0.384 e. The Balaban J connectivity index is 2.81. The Morgan fingerprint density at radius 3 is 2.39 bits per heavy atom. The van der Waals surface area contributed by atoms with Crippen LogP contribution in [0.5, 0.6) is 0 Å². The van der Waals surface area contributed by atoms with Crippen LogP contribution in [0.25, 0.3) is 0 Å². The number of benzene rings is 1. The van der Waals surface area contributed by atoms with Gasteiger partial charge in [-0.2, -0.15) is 0 Å². The molecule has 0 bridgehead atoms. The van der Waals surface area contributed by atoms with Crippen molar-refractivity contribution in [3.05, 3.63) is 23.8 Å². The molecule has 3 nitrogen and oxygen atoms in total. The van der Waals surface area contributed by atoms with Crippen LogP contribution in [0.2, 0.25) is 0 Å². The number of nitrogens with one attached hydrogen (secondary N) is 2. The molecule has 0 unspecified atom stereocenters. The minimum atomic E-state index is 0.0473. The molecule has 0 aliphatic carbocycles. The molecule has 1 aromatic rings. The van der Waals surface area contributed by atoms with Crippen LogP contribution in [0.1, 0.15) is 39.7 Å². The molecule has 0 fully saturated rings. The van der Waals surface area contributed by atoms with E-state index in [-0.39, 0.29) is 11.3 Å². The Labute approximate surface area is 110 Å². The number of anilines is 2. The van der Waals surface area contributed by atoms with E-state index in [1.165, 1.54) is 0 Å². The highest BCUT2D eigenvalue weighted by molar-refractivity contribution is 5.92. The van der Waals surface area contributed by atoms with Gasteiger partial charge in [-0.1, -0.05) is 33.8 Å². The second-order valence-electron chi connectivity index (χ2n) is 5.79. The molecule has 100 valence electrons. The zero-order valence-corrected chi connectivity index (χ0v) is 12.1. The van der Waals surface area contributed by atoms with Gasteiger partial charge in [-0.25, -0.2) is 0 Å². The Kier molecular flexibility index (Phi) is 4.76. The molecule has 1 amide bonds. The quantitative estimate of drug-likeness (QED) is 0.851. The molecule has 1 rings (SSSR count). The summed E-state index contributed by atoms with van der Waals surface area (Å²) in [5.41, 5.74) is 3.29. The van der Waals surface area contributed by atoms with Gasteiger partial charge >= 0.3 is 0 Å². The Bertz CT molecular complexity index is 419. The van der Waals surface area contributed by atoms with Crippen LogP contribution >= 0.6 is 0 Å². The third-order valence-corrected chi connectivity index (χ3v) is 2.74. The lowest BCUT2D eigenvalue weighted by molar-refractivity contribution is -0.115. The van der Waals surface area contributed by atoms with Crippen molar-refractivity contribution in [2.45, 2.75) is 41.0 Å². The molecule has 0 atom stereocenters. The molecule has 0 heterocycles. The van der Waals surface area contributed by atoms with E-state index < -0.39 is 0 Å². The number of hydrogen-bond acceptors (Lipinski definition) is 2. The minimum absolute atomic E-state index is 0.0473. The summed E-state index contributed by atoms with van der Waals surface area (Å²) >= 11 is 0. The van der Waals surface area contributed by atoms with Gasteiger partial charge in [0.25, 0.3) is 0 Å². The molecule has 3 heteroatoms. The summed E-state index contributed by atoms with van der Waals surface area (Å²) < 4.78 is 0. The van der Waals surface area contributed by atoms with Crippen LogP contribution in [0.15, 0.2) is 18.2 Å². The van der Waals surface area contributed by atoms with Crippen LogP contribution < -0.4 is 10.6 Å². The molecule has 18 heavy (non-hydrogen) atoms. The van der Waals surface area contributed by atoms with Crippen LogP contribution in [0.4, 0.5) is 11.4 Å². The van der Waals surface area contributed by atoms with Gasteiger partial charge in [-0.05, 0) is 30.0 Å². The SMILES string of the molecule is CCC(=O)Nc1cccc(NCC(C)(C)C)c1C. The predicted octanol–water partition coefficient (Wildman–Crippen LogP) is 3.80. The summed E-state index contributed by atoms with van der Waals surface area (Å²) in [6.07, 6.45) is 0.499. The van der Waals surface area contributed by atoms with E-state index >= 15 is 0 Å². The minimum Gasteiger partial charge on any atom is -0.384 e. The molecule has 0 aliphatic rings. The maximum absolute atomic E-state index is 11.4. The van der Waals surface area contributed by atoms with Crippen LogP contribution in [0, 0.1) is 12.3 Å². The summed E-state index contributed by atoms with van der Waals surface area (Å²) in [6, 6.07) is 5.94. The molecule has 2 N–H and O–H groups in total. The Hall–Kier alpha value is -1.51. The van der Waals surface area contributed by atoms with Crippen molar-refractivity contribution in [1.29, 1.82) is 0 Å². The zero-order chi connectivity index (χ0) is 13.8. The van der Waals surface area contributed by atoms with Crippen molar-refractivity contribution < 1.29 is 4.79 Å². The van der Waals surface area contributed by atoms with Crippen molar-refractivity contribution in [2.24, 2.45) is 5.41 Å². The van der Waals surface area contributed by atoms with Crippen LogP contribution in [-0.4, -0.2) is 12.5 Å². The van der Waals surface area contributed by atoms with E-state index in [9.17, 15) is 4.79 Å². The highest BCUT2D eigenvalue weighted by Gasteiger charge is 2.11. The van der Waals surface area contributed by atoms with Crippen molar-refractivity contribution in [3.8, 4) is 0 Å². The van der Waals surface area contributed by atoms with Gasteiger partial charge in [0.1, 0.15) is 0 Å². The standard InChI is InChI=1S/C15H24N2O/c1-6-14(18)17-13-9-7-8-12(11(13)2)16-10-15(3,4)5/h7-9,16H,6,10H2,1-5H3,(H,17,18). The highest BCUT2D eigenvalue weighted by atomic mass is 16.1. The fourth-order valence-electron chi connectivity index (χ4n) is 1.56. The van der Waals surface area contributed by atoms with Gasteiger partial charge in [0, 0.05) is 24.3 Å². The van der Waals surface area contributed by atoms with Gasteiger partial charge in [-0.3, -0.25) is 4.79 Å². The topological polar surface area (TPSA) is 41.1 Å². The average Bonchev–Trinajstić information content (AvgIpc) is 2.29. The Morgan fingerprint density at radius 1 is 1.22 bits per heavy atom. The molecule has 0 spiro atoms. The number of carbonyl (C=O) groups excluding carboxylic acids is 1. The lowest BCUT2D eigenvalue weighted by atomic mass is 9.96. The Morgan fingerprint density at radius 2 is 1.83 bits per heavy atom. The van der Waals surface area contributed by atoms with Gasteiger partial charge in [0.05, 0.1) is 0 Å². The predicted molar refractivity (Wildman–Crippen MR) is 78.0 cm³/mol. The highest BCUT2D eigenvalue weighted by Crippen LogP contribution is 2.25. The lowest BCUT2D eigenvalue weighted by Gasteiger charge is -2.21. The molecule has 0 aromatic heterocycles. The van der Waals surface area contributed by atoms with Gasteiger partial charge < -0.3 is 10.6 Å². The smallest absolute Gasteiger partial charge is 0.224 e. The second kappa shape index (κ2) is 5.89. The van der Waals surface area contributed by atoms with Crippen LogP contribution in [0.3, 0.4) is 0 Å². The third-order valence-electron chi connectivity index (χ3n) is 2.74. The van der Waals surface area contributed by atoms with E-state index in [0.717, 1.165) is 23.5 Å². The lowest BCUT2D eigenvalue weighted by Crippen LogP contribution is -2.20. The normalized spacial score (nSPS) is 11.2. The maximum Gasteiger partial charge on any atom is 0.224 e. The van der Waals surface area contributed by atoms with E-state index in [2.05, 4.69) is 31.4 Å². The van der Waals surface area contributed by atoms with E-state index in [1.807, 2.05) is 32.0 Å². The van der Waals surface area contributed by atoms with Gasteiger partial charge in [0.15, 0.2) is 0 Å². The van der Waals surface area contributed by atoms with E-state index in [1.54, 1.807) is 0 Å². The average molecular weight is 248 g/mol. The number of rotatable bonds is 4. The first kappa shape index (κ1) is 14.6. The molecule has 0 aliphatic heterocycles. The summed E-state index contributed by atoms with van der Waals surface area (Å²) in [6.45, 7) is 11.4. The van der Waals surface area contributed by atoms with Gasteiger partial charge in [-0.15, -0.1) is 0 Å². The van der Waals surface area contributed by atoms with Gasteiger partial charge in [0.2, 0.25) is 5.91 Å².